The maximum absolute atomic E-state index is 3.46. The van der Waals surface area contributed by atoms with E-state index in [-0.39, 0.29) is 0 Å². The first-order chi connectivity index (χ1) is 7.68. The van der Waals surface area contributed by atoms with Crippen molar-refractivity contribution in [1.82, 2.24) is 16.0 Å². The maximum atomic E-state index is 3.46. The van der Waals surface area contributed by atoms with E-state index < -0.39 is 0 Å². The van der Waals surface area contributed by atoms with E-state index in [1.807, 2.05) is 12.4 Å². The molecule has 1 aliphatic heterocycles. The van der Waals surface area contributed by atoms with E-state index in [9.17, 15) is 0 Å². The Morgan fingerprint density at radius 2 is 1.88 bits per heavy atom. The Balaban J connectivity index is 2.25. The summed E-state index contributed by atoms with van der Waals surface area (Å²) in [6.07, 6.45) is 3.92. The van der Waals surface area contributed by atoms with Crippen LogP contribution in [0.5, 0.6) is 0 Å². The predicted octanol–water partition coefficient (Wildman–Crippen LogP) is 2.94. The molecule has 0 amide bonds. The zero-order chi connectivity index (χ0) is 11.5. The quantitative estimate of drug-likeness (QED) is 0.892. The molecule has 1 aromatic rings. The van der Waals surface area contributed by atoms with Gasteiger partial charge in [-0.05, 0) is 23.6 Å². The molecule has 0 bridgehead atoms. The van der Waals surface area contributed by atoms with Crippen molar-refractivity contribution in [3.05, 3.63) is 46.7 Å². The van der Waals surface area contributed by atoms with Gasteiger partial charge in [0.25, 0.3) is 0 Å². The lowest BCUT2D eigenvalue weighted by Crippen LogP contribution is -2.40. The van der Waals surface area contributed by atoms with Gasteiger partial charge in [-0.25, -0.2) is 0 Å². The van der Waals surface area contributed by atoms with E-state index in [4.69, 9.17) is 0 Å². The van der Waals surface area contributed by atoms with Crippen molar-refractivity contribution in [3.63, 3.8) is 0 Å². The van der Waals surface area contributed by atoms with Crippen molar-refractivity contribution in [2.24, 2.45) is 5.92 Å². The van der Waals surface area contributed by atoms with Crippen LogP contribution in [0.3, 0.4) is 0 Å². The molecule has 1 atom stereocenters. The van der Waals surface area contributed by atoms with Gasteiger partial charge in [-0.3, -0.25) is 5.01 Å². The normalized spacial score (nSPS) is 16.6. The Bertz CT molecular complexity index is 372. The van der Waals surface area contributed by atoms with Crippen LogP contribution in [-0.2, 0) is 0 Å². The minimum absolute atomic E-state index is 0.333. The summed E-state index contributed by atoms with van der Waals surface area (Å²) in [6, 6.07) is 8.81. The SMILES string of the molecule is CC(C)C(c1ccc(Br)cc1)N1C=CNN1. The number of hydrazine groups is 2. The van der Waals surface area contributed by atoms with Crippen molar-refractivity contribution >= 4 is 15.9 Å². The third kappa shape index (κ3) is 2.39. The number of nitrogens with one attached hydrogen (secondary N) is 2. The fourth-order valence-corrected chi connectivity index (χ4v) is 2.22. The van der Waals surface area contributed by atoms with Gasteiger partial charge < -0.3 is 5.43 Å². The van der Waals surface area contributed by atoms with Crippen molar-refractivity contribution in [2.75, 3.05) is 0 Å². The highest BCUT2D eigenvalue weighted by atomic mass is 79.9. The molecule has 0 saturated carbocycles. The molecule has 0 aliphatic carbocycles. The molecule has 16 heavy (non-hydrogen) atoms. The van der Waals surface area contributed by atoms with E-state index in [1.54, 1.807) is 0 Å². The second-order valence-corrected chi connectivity index (χ2v) is 5.14. The summed E-state index contributed by atoms with van der Waals surface area (Å²) in [7, 11) is 0. The van der Waals surface area contributed by atoms with E-state index in [0.29, 0.717) is 12.0 Å². The van der Waals surface area contributed by atoms with Crippen LogP contribution < -0.4 is 11.0 Å². The van der Waals surface area contributed by atoms with Gasteiger partial charge in [0.05, 0.1) is 6.04 Å². The van der Waals surface area contributed by atoms with Crippen LogP contribution in [0.15, 0.2) is 41.1 Å². The zero-order valence-corrected chi connectivity index (χ0v) is 11.0. The molecule has 2 N–H and O–H groups in total. The average molecular weight is 282 g/mol. The highest BCUT2D eigenvalue weighted by Crippen LogP contribution is 2.28. The molecule has 0 aromatic heterocycles. The third-order valence-electron chi connectivity index (χ3n) is 2.65. The number of benzene rings is 1. The van der Waals surface area contributed by atoms with Crippen molar-refractivity contribution in [3.8, 4) is 0 Å². The number of hydrogen-bond acceptors (Lipinski definition) is 3. The van der Waals surface area contributed by atoms with Crippen LogP contribution in [0.1, 0.15) is 25.5 Å². The van der Waals surface area contributed by atoms with Crippen LogP contribution in [0.25, 0.3) is 0 Å². The molecule has 0 saturated heterocycles. The summed E-state index contributed by atoms with van der Waals surface area (Å²) in [5.41, 5.74) is 7.39. The van der Waals surface area contributed by atoms with E-state index in [0.717, 1.165) is 4.47 Å². The van der Waals surface area contributed by atoms with Crippen LogP contribution in [0, 0.1) is 5.92 Å². The zero-order valence-electron chi connectivity index (χ0n) is 9.44. The first-order valence-electron chi connectivity index (χ1n) is 5.40. The predicted molar refractivity (Wildman–Crippen MR) is 69.0 cm³/mol. The molecule has 3 nitrogen and oxygen atoms in total. The monoisotopic (exact) mass is 281 g/mol. The van der Waals surface area contributed by atoms with Crippen molar-refractivity contribution < 1.29 is 0 Å². The lowest BCUT2D eigenvalue weighted by atomic mass is 9.96. The summed E-state index contributed by atoms with van der Waals surface area (Å²) in [5, 5.41) is 2.09. The van der Waals surface area contributed by atoms with Crippen molar-refractivity contribution in [1.29, 1.82) is 0 Å². The topological polar surface area (TPSA) is 27.3 Å². The van der Waals surface area contributed by atoms with E-state index >= 15 is 0 Å². The van der Waals surface area contributed by atoms with E-state index in [2.05, 4.69) is 70.0 Å². The van der Waals surface area contributed by atoms with Crippen LogP contribution in [0.4, 0.5) is 0 Å². The first-order valence-corrected chi connectivity index (χ1v) is 6.19. The third-order valence-corrected chi connectivity index (χ3v) is 3.18. The summed E-state index contributed by atoms with van der Waals surface area (Å²) in [6.45, 7) is 4.45. The standard InChI is InChI=1S/C12H16BrN3/c1-9(2)12(16-8-7-14-15-16)10-3-5-11(13)6-4-10/h3-9,12,14-15H,1-2H3. The van der Waals surface area contributed by atoms with Crippen LogP contribution in [-0.4, -0.2) is 5.01 Å². The first kappa shape index (κ1) is 11.5. The number of nitrogens with zero attached hydrogens (tertiary/aromatic N) is 1. The molecule has 1 aliphatic rings. The molecule has 2 rings (SSSR count). The fourth-order valence-electron chi connectivity index (χ4n) is 1.96. The molecular formula is C12H16BrN3. The molecule has 1 heterocycles. The minimum Gasteiger partial charge on any atom is -0.310 e. The Labute approximate surface area is 105 Å². The summed E-state index contributed by atoms with van der Waals surface area (Å²) in [4.78, 5) is 0. The molecule has 1 unspecified atom stereocenters. The second kappa shape index (κ2) is 4.89. The largest absolute Gasteiger partial charge is 0.310 e. The van der Waals surface area contributed by atoms with Crippen molar-refractivity contribution in [2.45, 2.75) is 19.9 Å². The van der Waals surface area contributed by atoms with Gasteiger partial charge in [-0.15, -0.1) is 5.53 Å². The molecule has 1 aromatic carbocycles. The lowest BCUT2D eigenvalue weighted by Gasteiger charge is -2.30. The summed E-state index contributed by atoms with van der Waals surface area (Å²) < 4.78 is 1.11. The molecule has 0 radical (unpaired) electrons. The molecule has 0 fully saturated rings. The smallest absolute Gasteiger partial charge is 0.0738 e. The highest BCUT2D eigenvalue weighted by Gasteiger charge is 2.22. The average Bonchev–Trinajstić information content (AvgIpc) is 2.74. The summed E-state index contributed by atoms with van der Waals surface area (Å²) >= 11 is 3.46. The number of rotatable bonds is 3. The van der Waals surface area contributed by atoms with Gasteiger partial charge >= 0.3 is 0 Å². The molecule has 0 spiro atoms. The number of hydrogen-bond donors (Lipinski definition) is 2. The second-order valence-electron chi connectivity index (χ2n) is 4.22. The fraction of sp³-hybridized carbons (Fsp3) is 0.333. The van der Waals surface area contributed by atoms with Gasteiger partial charge in [0, 0.05) is 16.9 Å². The Morgan fingerprint density at radius 3 is 2.38 bits per heavy atom. The Hall–Kier alpha value is -1.00. The summed E-state index contributed by atoms with van der Waals surface area (Å²) in [5.74, 6) is 0.526. The maximum Gasteiger partial charge on any atom is 0.0738 e. The Kier molecular flexibility index (Phi) is 3.51. The van der Waals surface area contributed by atoms with Gasteiger partial charge in [0.1, 0.15) is 0 Å². The highest BCUT2D eigenvalue weighted by molar-refractivity contribution is 9.10. The van der Waals surface area contributed by atoms with E-state index in [1.165, 1.54) is 5.56 Å². The van der Waals surface area contributed by atoms with Crippen LogP contribution in [0.2, 0.25) is 0 Å². The van der Waals surface area contributed by atoms with Gasteiger partial charge in [0.15, 0.2) is 0 Å². The molecular weight excluding hydrogens is 266 g/mol. The van der Waals surface area contributed by atoms with Crippen LogP contribution >= 0.6 is 15.9 Å². The molecule has 86 valence electrons. The van der Waals surface area contributed by atoms with Gasteiger partial charge in [-0.2, -0.15) is 0 Å². The lowest BCUT2D eigenvalue weighted by molar-refractivity contribution is 0.156. The number of halogens is 1. The Morgan fingerprint density at radius 1 is 1.19 bits per heavy atom. The molecule has 4 heteroatoms. The minimum atomic E-state index is 0.333. The van der Waals surface area contributed by atoms with Gasteiger partial charge in [0.2, 0.25) is 0 Å². The van der Waals surface area contributed by atoms with Gasteiger partial charge in [-0.1, -0.05) is 41.9 Å².